The number of likely N-dealkylation sites (N-methyl/N-ethyl adjacent to an activating group) is 1. The summed E-state index contributed by atoms with van der Waals surface area (Å²) < 4.78 is 24.8. The van der Waals surface area contributed by atoms with E-state index in [-0.39, 0.29) is 29.1 Å². The third-order valence-electron chi connectivity index (χ3n) is 8.35. The molecule has 2 N–H and O–H groups in total. The minimum absolute atomic E-state index is 0.0582. The van der Waals surface area contributed by atoms with Crippen LogP contribution in [0.3, 0.4) is 0 Å². The molecular weight excluding hydrogens is 563 g/mol. The van der Waals surface area contributed by atoms with Crippen LogP contribution in [0.4, 0.5) is 10.1 Å². The van der Waals surface area contributed by atoms with Crippen molar-refractivity contribution < 1.29 is 23.5 Å². The molecule has 0 aliphatic carbocycles. The number of piperazine rings is 1. The molecule has 1 aromatic carbocycles. The van der Waals surface area contributed by atoms with Gasteiger partial charge in [0.05, 0.1) is 43.4 Å². The van der Waals surface area contributed by atoms with E-state index in [0.29, 0.717) is 65.0 Å². The van der Waals surface area contributed by atoms with Crippen LogP contribution >= 0.6 is 0 Å². The second-order valence-corrected chi connectivity index (χ2v) is 12.8. The van der Waals surface area contributed by atoms with Crippen LogP contribution in [-0.4, -0.2) is 112 Å². The first kappa shape index (κ1) is 33.9. The minimum atomic E-state index is -0.317. The maximum absolute atomic E-state index is 13.9. The van der Waals surface area contributed by atoms with Crippen LogP contribution < -0.4 is 15.5 Å². The molecular formula is C33H49FN6O4. The predicted molar refractivity (Wildman–Crippen MR) is 169 cm³/mol. The van der Waals surface area contributed by atoms with E-state index in [0.717, 1.165) is 41.3 Å². The summed E-state index contributed by atoms with van der Waals surface area (Å²) in [4.78, 5) is 36.5. The molecule has 2 amide bonds. The van der Waals surface area contributed by atoms with Crippen molar-refractivity contribution in [3.05, 3.63) is 58.7 Å². The molecule has 2 aromatic rings. The molecule has 2 atom stereocenters. The normalized spacial score (nSPS) is 19.8. The van der Waals surface area contributed by atoms with Crippen LogP contribution in [0.25, 0.3) is 0 Å². The smallest absolute Gasteiger partial charge is 0.241 e. The number of pyridine rings is 1. The van der Waals surface area contributed by atoms with Crippen molar-refractivity contribution in [1.82, 2.24) is 25.4 Å². The maximum Gasteiger partial charge on any atom is 0.241 e. The summed E-state index contributed by atoms with van der Waals surface area (Å²) in [6.45, 7) is 13.7. The number of nitrogens with one attached hydrogen (secondary N) is 2. The number of hydrogen-bond acceptors (Lipinski definition) is 8. The molecule has 10 nitrogen and oxygen atoms in total. The molecule has 0 unspecified atom stereocenters. The van der Waals surface area contributed by atoms with Crippen molar-refractivity contribution in [3.8, 4) is 0 Å². The number of amides is 2. The quantitative estimate of drug-likeness (QED) is 0.314. The number of aromatic nitrogens is 1. The van der Waals surface area contributed by atoms with Gasteiger partial charge in [-0.1, -0.05) is 26.0 Å². The van der Waals surface area contributed by atoms with Crippen molar-refractivity contribution in [2.24, 2.45) is 0 Å². The molecule has 0 saturated carbocycles. The molecule has 1 saturated heterocycles. The van der Waals surface area contributed by atoms with Crippen molar-refractivity contribution in [1.29, 1.82) is 0 Å². The van der Waals surface area contributed by atoms with E-state index in [9.17, 15) is 14.0 Å². The van der Waals surface area contributed by atoms with Gasteiger partial charge in [0.2, 0.25) is 11.8 Å². The number of halogens is 1. The summed E-state index contributed by atoms with van der Waals surface area (Å²) in [5.74, 6) is -0.284. The van der Waals surface area contributed by atoms with Gasteiger partial charge in [0.15, 0.2) is 0 Å². The number of benzene rings is 1. The van der Waals surface area contributed by atoms with Crippen molar-refractivity contribution >= 4 is 17.5 Å². The second kappa shape index (κ2) is 15.4. The van der Waals surface area contributed by atoms with Gasteiger partial charge in [-0.05, 0) is 49.7 Å². The fourth-order valence-electron chi connectivity index (χ4n) is 5.97. The average Bonchev–Trinajstić information content (AvgIpc) is 3.23. The van der Waals surface area contributed by atoms with Gasteiger partial charge in [-0.3, -0.25) is 24.4 Å². The molecule has 2 aliphatic heterocycles. The molecule has 3 heterocycles. The first-order valence-corrected chi connectivity index (χ1v) is 15.5. The van der Waals surface area contributed by atoms with E-state index in [1.807, 2.05) is 11.9 Å². The van der Waals surface area contributed by atoms with Gasteiger partial charge in [0, 0.05) is 70.8 Å². The summed E-state index contributed by atoms with van der Waals surface area (Å²) in [6, 6.07) is 9.10. The minimum Gasteiger partial charge on any atom is -0.383 e. The number of anilines is 1. The topological polar surface area (TPSA) is 99.3 Å². The summed E-state index contributed by atoms with van der Waals surface area (Å²) in [5, 5.41) is 6.23. The molecule has 44 heavy (non-hydrogen) atoms. The van der Waals surface area contributed by atoms with E-state index >= 15 is 0 Å². The summed E-state index contributed by atoms with van der Waals surface area (Å²) in [5.41, 5.74) is 4.39. The lowest BCUT2D eigenvalue weighted by molar-refractivity contribution is -0.121. The van der Waals surface area contributed by atoms with Crippen LogP contribution in [0.2, 0.25) is 0 Å². The van der Waals surface area contributed by atoms with Crippen LogP contribution in [0, 0.1) is 5.82 Å². The zero-order valence-electron chi connectivity index (χ0n) is 27.1. The van der Waals surface area contributed by atoms with Gasteiger partial charge in [-0.2, -0.15) is 0 Å². The molecule has 0 radical (unpaired) electrons. The Morgan fingerprint density at radius 2 is 1.98 bits per heavy atom. The van der Waals surface area contributed by atoms with Crippen LogP contribution in [0.15, 0.2) is 30.3 Å². The number of methoxy groups -OCH3 is 1. The SMILES string of the molecule is COC[C@H]1CN[C@H](C)CN1CC(=O)N1CC(C)(C)c2nc(CN(C)CCOCCNC(C)=O)c(Cc3ccc(F)cc3)cc21. The van der Waals surface area contributed by atoms with Crippen LogP contribution in [-0.2, 0) is 37.4 Å². The first-order chi connectivity index (χ1) is 21.0. The fraction of sp³-hybridized carbons (Fsp3) is 0.606. The van der Waals surface area contributed by atoms with Gasteiger partial charge >= 0.3 is 0 Å². The van der Waals surface area contributed by atoms with E-state index < -0.39 is 0 Å². The van der Waals surface area contributed by atoms with E-state index in [2.05, 4.69) is 47.3 Å². The molecule has 242 valence electrons. The monoisotopic (exact) mass is 612 g/mol. The van der Waals surface area contributed by atoms with Crippen molar-refractivity contribution in [3.63, 3.8) is 0 Å². The van der Waals surface area contributed by atoms with Crippen LogP contribution in [0.5, 0.6) is 0 Å². The molecule has 2 aliphatic rings. The molecule has 0 spiro atoms. The Kier molecular flexibility index (Phi) is 11.8. The van der Waals surface area contributed by atoms with Gasteiger partial charge in [0.1, 0.15) is 5.82 Å². The summed E-state index contributed by atoms with van der Waals surface area (Å²) >= 11 is 0. The summed E-state index contributed by atoms with van der Waals surface area (Å²) in [6.07, 6.45) is 0.574. The number of carbonyl (C=O) groups excluding carboxylic acids is 2. The Balaban J connectivity index is 1.56. The Hall–Kier alpha value is -2.96. The molecule has 4 rings (SSSR count). The lowest BCUT2D eigenvalue weighted by Gasteiger charge is -2.39. The molecule has 1 aromatic heterocycles. The van der Waals surface area contributed by atoms with Gasteiger partial charge in [-0.15, -0.1) is 0 Å². The number of ether oxygens (including phenoxy) is 2. The maximum atomic E-state index is 13.9. The highest BCUT2D eigenvalue weighted by Gasteiger charge is 2.41. The molecule has 1 fully saturated rings. The zero-order valence-corrected chi connectivity index (χ0v) is 27.1. The predicted octanol–water partition coefficient (Wildman–Crippen LogP) is 2.33. The van der Waals surface area contributed by atoms with Gasteiger partial charge < -0.3 is 25.0 Å². The number of hydrogen-bond donors (Lipinski definition) is 2. The van der Waals surface area contributed by atoms with Crippen molar-refractivity contribution in [2.45, 2.75) is 58.2 Å². The average molecular weight is 613 g/mol. The Labute approximate surface area is 261 Å². The Morgan fingerprint density at radius 1 is 1.23 bits per heavy atom. The Morgan fingerprint density at radius 3 is 2.68 bits per heavy atom. The number of rotatable bonds is 14. The lowest BCUT2D eigenvalue weighted by Crippen LogP contribution is -2.59. The number of fused-ring (bicyclic) bond motifs is 1. The van der Waals surface area contributed by atoms with Gasteiger partial charge in [-0.25, -0.2) is 4.39 Å². The number of nitrogens with zero attached hydrogens (tertiary/aromatic N) is 4. The molecule has 11 heteroatoms. The molecule has 0 bridgehead atoms. The second-order valence-electron chi connectivity index (χ2n) is 12.8. The van der Waals surface area contributed by atoms with Crippen LogP contribution in [0.1, 0.15) is 50.2 Å². The highest BCUT2D eigenvalue weighted by Crippen LogP contribution is 2.41. The van der Waals surface area contributed by atoms with Crippen molar-refractivity contribution in [2.75, 3.05) is 78.1 Å². The standard InChI is InChI=1S/C33H49FN6O4/c1-23-18-39(28(17-36-23)21-43-6)20-31(42)40-22-33(3,4)32-30(40)16-26(15-25-7-9-27(34)10-8-25)29(37-32)19-38(5)12-14-44-13-11-35-24(2)41/h7-10,16,23,28,36H,11-15,17-22H2,1-6H3,(H,35,41)/t23-,28-/m1/s1. The van der Waals surface area contributed by atoms with E-state index in [1.165, 1.54) is 19.1 Å². The highest BCUT2D eigenvalue weighted by molar-refractivity contribution is 5.97. The fourth-order valence-corrected chi connectivity index (χ4v) is 5.97. The first-order valence-electron chi connectivity index (χ1n) is 15.5. The highest BCUT2D eigenvalue weighted by atomic mass is 19.1. The summed E-state index contributed by atoms with van der Waals surface area (Å²) in [7, 11) is 3.72. The van der Waals surface area contributed by atoms with E-state index in [1.54, 1.807) is 19.2 Å². The zero-order chi connectivity index (χ0) is 31.9. The third kappa shape index (κ3) is 9.04. The third-order valence-corrected chi connectivity index (χ3v) is 8.35. The Bertz CT molecular complexity index is 1270. The lowest BCUT2D eigenvalue weighted by atomic mass is 9.90. The van der Waals surface area contributed by atoms with Gasteiger partial charge in [0.25, 0.3) is 0 Å². The number of carbonyl (C=O) groups is 2. The van der Waals surface area contributed by atoms with E-state index in [4.69, 9.17) is 14.5 Å². The largest absolute Gasteiger partial charge is 0.383 e.